The number of rotatable bonds is 4. The van der Waals surface area contributed by atoms with Crippen molar-refractivity contribution in [1.29, 1.82) is 0 Å². The first-order chi connectivity index (χ1) is 14.9. The van der Waals surface area contributed by atoms with Gasteiger partial charge in [0.2, 0.25) is 5.91 Å². The van der Waals surface area contributed by atoms with Crippen LogP contribution in [0, 0.1) is 5.92 Å². The molecule has 2 aromatic carbocycles. The Kier molecular flexibility index (Phi) is 6.96. The normalized spacial score (nSPS) is 15.5. The zero-order valence-electron chi connectivity index (χ0n) is 18.6. The fraction of sp³-hybridized carbons (Fsp3) is 0.440. The van der Waals surface area contributed by atoms with Crippen molar-refractivity contribution in [3.8, 4) is 0 Å². The van der Waals surface area contributed by atoms with Crippen molar-refractivity contribution in [3.05, 3.63) is 70.8 Å². The molecule has 2 aromatic rings. The highest BCUT2D eigenvalue weighted by Crippen LogP contribution is 2.29. The van der Waals surface area contributed by atoms with Gasteiger partial charge in [-0.25, -0.2) is 0 Å². The Labute approximate surface area is 186 Å². The number of nitrogens with one attached hydrogen (secondary N) is 1. The molecule has 0 spiro atoms. The third-order valence-corrected chi connectivity index (χ3v) is 5.90. The number of benzene rings is 2. The number of amides is 2. The fourth-order valence-electron chi connectivity index (χ4n) is 3.79. The van der Waals surface area contributed by atoms with Gasteiger partial charge in [0.15, 0.2) is 0 Å². The molecule has 3 rings (SSSR count). The standard InChI is InChI=1S/C25H29F3N2O2/c1-24(2,3)20-10-6-19(7-11-20)23(32)30-14-12-18(13-15-30)22(31)29-16-17-4-8-21(9-5-17)25(26,27)28/h4-11,18H,12-16H2,1-3H3,(H,29,31). The van der Waals surface area contributed by atoms with E-state index in [1.165, 1.54) is 12.1 Å². The number of hydrogen-bond donors (Lipinski definition) is 1. The van der Waals surface area contributed by atoms with Crippen molar-refractivity contribution >= 4 is 11.8 Å². The van der Waals surface area contributed by atoms with Crippen LogP contribution in [-0.2, 0) is 22.9 Å². The fourth-order valence-corrected chi connectivity index (χ4v) is 3.79. The lowest BCUT2D eigenvalue weighted by atomic mass is 9.86. The van der Waals surface area contributed by atoms with Gasteiger partial charge in [-0.05, 0) is 53.6 Å². The van der Waals surface area contributed by atoms with Crippen LogP contribution in [0.4, 0.5) is 13.2 Å². The number of halogens is 3. The molecular formula is C25H29F3N2O2. The van der Waals surface area contributed by atoms with Crippen molar-refractivity contribution in [3.63, 3.8) is 0 Å². The second kappa shape index (κ2) is 9.35. The topological polar surface area (TPSA) is 49.4 Å². The van der Waals surface area contributed by atoms with E-state index in [4.69, 9.17) is 0 Å². The Morgan fingerprint density at radius 1 is 0.906 bits per heavy atom. The smallest absolute Gasteiger partial charge is 0.352 e. The molecule has 7 heteroatoms. The van der Waals surface area contributed by atoms with Crippen LogP contribution in [0.5, 0.6) is 0 Å². The quantitative estimate of drug-likeness (QED) is 0.704. The average Bonchev–Trinajstić information content (AvgIpc) is 2.76. The summed E-state index contributed by atoms with van der Waals surface area (Å²) in [6, 6.07) is 12.4. The summed E-state index contributed by atoms with van der Waals surface area (Å²) in [7, 11) is 0. The summed E-state index contributed by atoms with van der Waals surface area (Å²) in [6.07, 6.45) is -3.25. The van der Waals surface area contributed by atoms with Gasteiger partial charge in [-0.1, -0.05) is 45.0 Å². The van der Waals surface area contributed by atoms with Gasteiger partial charge in [-0.15, -0.1) is 0 Å². The first-order valence-corrected chi connectivity index (χ1v) is 10.8. The second-order valence-corrected chi connectivity index (χ2v) is 9.31. The zero-order valence-corrected chi connectivity index (χ0v) is 18.6. The summed E-state index contributed by atoms with van der Waals surface area (Å²) in [6.45, 7) is 7.54. The van der Waals surface area contributed by atoms with E-state index in [0.29, 0.717) is 37.1 Å². The van der Waals surface area contributed by atoms with Crippen LogP contribution in [0.2, 0.25) is 0 Å². The number of carbonyl (C=O) groups excluding carboxylic acids is 2. The lowest BCUT2D eigenvalue weighted by Gasteiger charge is -2.31. The molecule has 0 aliphatic carbocycles. The van der Waals surface area contributed by atoms with Gasteiger partial charge in [-0.3, -0.25) is 9.59 Å². The minimum Gasteiger partial charge on any atom is -0.352 e. The van der Waals surface area contributed by atoms with E-state index in [9.17, 15) is 22.8 Å². The van der Waals surface area contributed by atoms with Crippen molar-refractivity contribution in [2.24, 2.45) is 5.92 Å². The van der Waals surface area contributed by atoms with E-state index in [2.05, 4.69) is 26.1 Å². The largest absolute Gasteiger partial charge is 0.416 e. The van der Waals surface area contributed by atoms with Crippen LogP contribution in [0.25, 0.3) is 0 Å². The van der Waals surface area contributed by atoms with Crippen molar-refractivity contribution in [2.45, 2.75) is 51.7 Å². The van der Waals surface area contributed by atoms with Crippen LogP contribution >= 0.6 is 0 Å². The van der Waals surface area contributed by atoms with E-state index >= 15 is 0 Å². The van der Waals surface area contributed by atoms with Gasteiger partial charge in [0.1, 0.15) is 0 Å². The van der Waals surface area contributed by atoms with E-state index in [1.807, 2.05) is 24.3 Å². The number of hydrogen-bond acceptors (Lipinski definition) is 2. The predicted octanol–water partition coefficient (Wildman–Crippen LogP) is 5.17. The summed E-state index contributed by atoms with van der Waals surface area (Å²) >= 11 is 0. The van der Waals surface area contributed by atoms with Crippen LogP contribution < -0.4 is 5.32 Å². The maximum absolute atomic E-state index is 12.8. The summed E-state index contributed by atoms with van der Waals surface area (Å²) in [4.78, 5) is 27.0. The number of piperidine rings is 1. The van der Waals surface area contributed by atoms with Gasteiger partial charge >= 0.3 is 6.18 Å². The molecular weight excluding hydrogens is 417 g/mol. The van der Waals surface area contributed by atoms with Crippen LogP contribution in [-0.4, -0.2) is 29.8 Å². The molecule has 1 saturated heterocycles. The molecule has 0 unspecified atom stereocenters. The van der Waals surface area contributed by atoms with E-state index < -0.39 is 11.7 Å². The first-order valence-electron chi connectivity index (χ1n) is 10.8. The Hall–Kier alpha value is -2.83. The summed E-state index contributed by atoms with van der Waals surface area (Å²) in [5.74, 6) is -0.377. The Balaban J connectivity index is 1.48. The molecule has 0 bridgehead atoms. The molecule has 32 heavy (non-hydrogen) atoms. The predicted molar refractivity (Wildman–Crippen MR) is 117 cm³/mol. The first kappa shape index (κ1) is 23.8. The molecule has 0 atom stereocenters. The summed E-state index contributed by atoms with van der Waals surface area (Å²) < 4.78 is 37.9. The van der Waals surface area contributed by atoms with Gasteiger partial charge in [0.05, 0.1) is 5.56 Å². The zero-order chi connectivity index (χ0) is 23.5. The van der Waals surface area contributed by atoms with Crippen LogP contribution in [0.1, 0.15) is 60.7 Å². The average molecular weight is 447 g/mol. The minimum absolute atomic E-state index is 0.0215. The van der Waals surface area contributed by atoms with Crippen molar-refractivity contribution in [2.75, 3.05) is 13.1 Å². The molecule has 172 valence electrons. The maximum atomic E-state index is 12.8. The molecule has 1 aliphatic heterocycles. The van der Waals surface area contributed by atoms with Crippen LogP contribution in [0.3, 0.4) is 0 Å². The SMILES string of the molecule is CC(C)(C)c1ccc(C(=O)N2CCC(C(=O)NCc3ccc(C(F)(F)F)cc3)CC2)cc1. The lowest BCUT2D eigenvalue weighted by molar-refractivity contribution is -0.137. The number of carbonyl (C=O) groups is 2. The van der Waals surface area contributed by atoms with Crippen molar-refractivity contribution < 1.29 is 22.8 Å². The summed E-state index contributed by atoms with van der Waals surface area (Å²) in [5, 5.41) is 2.80. The maximum Gasteiger partial charge on any atom is 0.416 e. The van der Waals surface area contributed by atoms with Gasteiger partial charge in [0.25, 0.3) is 5.91 Å². The minimum atomic E-state index is -4.37. The number of likely N-dealkylation sites (tertiary alicyclic amines) is 1. The van der Waals surface area contributed by atoms with Crippen LogP contribution in [0.15, 0.2) is 48.5 Å². The molecule has 1 heterocycles. The molecule has 0 radical (unpaired) electrons. The Morgan fingerprint density at radius 2 is 1.44 bits per heavy atom. The molecule has 2 amide bonds. The van der Waals surface area contributed by atoms with Gasteiger partial charge in [-0.2, -0.15) is 13.2 Å². The highest BCUT2D eigenvalue weighted by molar-refractivity contribution is 5.94. The molecule has 1 aliphatic rings. The van der Waals surface area contributed by atoms with E-state index in [1.54, 1.807) is 4.90 Å². The molecule has 0 saturated carbocycles. The van der Waals surface area contributed by atoms with Gasteiger partial charge < -0.3 is 10.2 Å². The monoisotopic (exact) mass is 446 g/mol. The highest BCUT2D eigenvalue weighted by Gasteiger charge is 2.30. The second-order valence-electron chi connectivity index (χ2n) is 9.31. The number of nitrogens with zero attached hydrogens (tertiary/aromatic N) is 1. The molecule has 1 fully saturated rings. The van der Waals surface area contributed by atoms with Gasteiger partial charge in [0, 0.05) is 31.1 Å². The Morgan fingerprint density at radius 3 is 1.94 bits per heavy atom. The molecule has 4 nitrogen and oxygen atoms in total. The Bertz CT molecular complexity index is 937. The molecule has 0 aromatic heterocycles. The van der Waals surface area contributed by atoms with Crippen molar-refractivity contribution in [1.82, 2.24) is 10.2 Å². The lowest BCUT2D eigenvalue weighted by Crippen LogP contribution is -2.42. The third kappa shape index (κ3) is 5.90. The van der Waals surface area contributed by atoms with E-state index in [0.717, 1.165) is 17.7 Å². The third-order valence-electron chi connectivity index (χ3n) is 5.90. The molecule has 1 N–H and O–H groups in total. The van der Waals surface area contributed by atoms with E-state index in [-0.39, 0.29) is 29.7 Å². The number of alkyl halides is 3. The summed E-state index contributed by atoms with van der Waals surface area (Å²) in [5.41, 5.74) is 1.73. The highest BCUT2D eigenvalue weighted by atomic mass is 19.4.